The van der Waals surface area contributed by atoms with Crippen LogP contribution in [0.25, 0.3) is 0 Å². The molecule has 1 N–H and O–H groups in total. The van der Waals surface area contributed by atoms with Gasteiger partial charge >= 0.3 is 0 Å². The van der Waals surface area contributed by atoms with E-state index < -0.39 is 0 Å². The van der Waals surface area contributed by atoms with E-state index in [9.17, 15) is 9.59 Å². The van der Waals surface area contributed by atoms with Crippen LogP contribution in [-0.4, -0.2) is 25.5 Å². The van der Waals surface area contributed by atoms with E-state index >= 15 is 0 Å². The molecule has 2 aromatic rings. The molecule has 2 amide bonds. The van der Waals surface area contributed by atoms with Crippen LogP contribution >= 0.6 is 0 Å². The van der Waals surface area contributed by atoms with Gasteiger partial charge < -0.3 is 10.1 Å². The Morgan fingerprint density at radius 2 is 1.54 bits per heavy atom. The van der Waals surface area contributed by atoms with Crippen molar-refractivity contribution >= 4 is 23.2 Å². The predicted octanol–water partition coefficient (Wildman–Crippen LogP) is 4.93. The summed E-state index contributed by atoms with van der Waals surface area (Å²) in [5.74, 6) is 0.632. The van der Waals surface area contributed by atoms with Gasteiger partial charge in [0.1, 0.15) is 12.3 Å². The van der Waals surface area contributed by atoms with Crippen LogP contribution in [0.3, 0.4) is 0 Å². The second kappa shape index (κ2) is 9.40. The molecule has 0 atom stereocenters. The Bertz CT molecular complexity index is 817. The molecule has 28 heavy (non-hydrogen) atoms. The number of hydrogen-bond donors (Lipinski definition) is 1. The molecule has 0 fully saturated rings. The fourth-order valence-electron chi connectivity index (χ4n) is 3.24. The maximum Gasteiger partial charge on any atom is 0.244 e. The van der Waals surface area contributed by atoms with Gasteiger partial charge in [-0.25, -0.2) is 0 Å². The number of rotatable bonds is 7. The van der Waals surface area contributed by atoms with Crippen LogP contribution in [0.5, 0.6) is 5.75 Å². The number of carbonyl (C=O) groups excluding carboxylic acids is 2. The molecular weight excluding hydrogens is 352 g/mol. The summed E-state index contributed by atoms with van der Waals surface area (Å²) in [7, 11) is 1.55. The molecular formula is C23H30N2O3. The largest absolute Gasteiger partial charge is 0.495 e. The number of methoxy groups -OCH3 is 1. The van der Waals surface area contributed by atoms with Gasteiger partial charge in [0.2, 0.25) is 11.8 Å². The number of anilines is 2. The molecule has 150 valence electrons. The molecule has 0 aliphatic carbocycles. The van der Waals surface area contributed by atoms with Crippen LogP contribution in [-0.2, 0) is 9.59 Å². The second-order valence-electron chi connectivity index (χ2n) is 7.45. The summed E-state index contributed by atoms with van der Waals surface area (Å²) in [5, 5.41) is 3.06. The van der Waals surface area contributed by atoms with E-state index in [1.54, 1.807) is 19.2 Å². The van der Waals surface area contributed by atoms with Crippen molar-refractivity contribution in [1.29, 1.82) is 0 Å². The number of benzene rings is 2. The topological polar surface area (TPSA) is 58.6 Å². The summed E-state index contributed by atoms with van der Waals surface area (Å²) in [4.78, 5) is 26.6. The van der Waals surface area contributed by atoms with Gasteiger partial charge in [0.25, 0.3) is 0 Å². The highest BCUT2D eigenvalue weighted by atomic mass is 16.5. The molecule has 0 aliphatic rings. The number of hydrogen-bond acceptors (Lipinski definition) is 3. The highest BCUT2D eigenvalue weighted by Crippen LogP contribution is 2.33. The minimum Gasteiger partial charge on any atom is -0.495 e. The first kappa shape index (κ1) is 21.5. The van der Waals surface area contributed by atoms with Crippen molar-refractivity contribution < 1.29 is 14.3 Å². The van der Waals surface area contributed by atoms with Crippen molar-refractivity contribution in [2.24, 2.45) is 0 Å². The van der Waals surface area contributed by atoms with E-state index in [1.165, 1.54) is 11.8 Å². The highest BCUT2D eigenvalue weighted by Gasteiger charge is 2.21. The summed E-state index contributed by atoms with van der Waals surface area (Å²) in [6.07, 6.45) is 0. The van der Waals surface area contributed by atoms with Gasteiger partial charge in [-0.2, -0.15) is 0 Å². The Labute approximate surface area is 167 Å². The Kier molecular flexibility index (Phi) is 7.21. The number of carbonyl (C=O) groups is 2. The van der Waals surface area contributed by atoms with Crippen molar-refractivity contribution in [1.82, 2.24) is 0 Å². The first-order chi connectivity index (χ1) is 13.3. The summed E-state index contributed by atoms with van der Waals surface area (Å²) in [6.45, 7) is 9.77. The molecule has 0 radical (unpaired) electrons. The summed E-state index contributed by atoms with van der Waals surface area (Å²) in [6, 6.07) is 13.3. The van der Waals surface area contributed by atoms with Crippen LogP contribution < -0.4 is 15.0 Å². The summed E-state index contributed by atoms with van der Waals surface area (Å²) >= 11 is 0. The third-order valence-electron chi connectivity index (χ3n) is 4.70. The van der Waals surface area contributed by atoms with Gasteiger partial charge in [-0.3, -0.25) is 14.5 Å². The van der Waals surface area contributed by atoms with Gasteiger partial charge in [-0.05, 0) is 35.1 Å². The maximum absolute atomic E-state index is 12.9. The molecule has 5 nitrogen and oxygen atoms in total. The van der Waals surface area contributed by atoms with Crippen molar-refractivity contribution in [2.75, 3.05) is 23.9 Å². The molecule has 0 unspecified atom stereocenters. The molecule has 0 bridgehead atoms. The standard InChI is InChI=1S/C23H30N2O3/c1-15(2)18-10-9-11-19(16(3)4)23(18)24-22(27)14-25(17(5)26)20-12-7-8-13-21(20)28-6/h7-13,15-16H,14H2,1-6H3,(H,24,27). The Hall–Kier alpha value is -2.82. The normalized spacial score (nSPS) is 10.9. The van der Waals surface area contributed by atoms with E-state index in [2.05, 4.69) is 33.0 Å². The van der Waals surface area contributed by atoms with Crippen molar-refractivity contribution in [2.45, 2.75) is 46.5 Å². The lowest BCUT2D eigenvalue weighted by atomic mass is 9.92. The van der Waals surface area contributed by atoms with E-state index in [-0.39, 0.29) is 30.2 Å². The molecule has 5 heteroatoms. The number of amides is 2. The van der Waals surface area contributed by atoms with Crippen LogP contribution in [0.4, 0.5) is 11.4 Å². The Balaban J connectivity index is 2.33. The Morgan fingerprint density at radius 3 is 2.04 bits per heavy atom. The fraction of sp³-hybridized carbons (Fsp3) is 0.391. The van der Waals surface area contributed by atoms with Crippen molar-refractivity contribution in [3.8, 4) is 5.75 Å². The third kappa shape index (κ3) is 4.91. The fourth-order valence-corrected chi connectivity index (χ4v) is 3.24. The van der Waals surface area contributed by atoms with E-state index in [4.69, 9.17) is 4.74 Å². The zero-order valence-corrected chi connectivity index (χ0v) is 17.6. The monoisotopic (exact) mass is 382 g/mol. The van der Waals surface area contributed by atoms with Crippen LogP contribution in [0.1, 0.15) is 57.6 Å². The molecule has 2 aromatic carbocycles. The summed E-state index contributed by atoms with van der Waals surface area (Å²) in [5.41, 5.74) is 3.60. The quantitative estimate of drug-likeness (QED) is 0.738. The molecule has 0 spiro atoms. The lowest BCUT2D eigenvalue weighted by Gasteiger charge is -2.24. The van der Waals surface area contributed by atoms with E-state index in [0.29, 0.717) is 11.4 Å². The molecule has 0 saturated carbocycles. The van der Waals surface area contributed by atoms with Gasteiger partial charge in [0, 0.05) is 12.6 Å². The smallest absolute Gasteiger partial charge is 0.244 e. The van der Waals surface area contributed by atoms with Gasteiger partial charge in [-0.15, -0.1) is 0 Å². The molecule has 0 heterocycles. The third-order valence-corrected chi connectivity index (χ3v) is 4.70. The van der Waals surface area contributed by atoms with Crippen molar-refractivity contribution in [3.63, 3.8) is 0 Å². The van der Waals surface area contributed by atoms with E-state index in [0.717, 1.165) is 16.8 Å². The lowest BCUT2D eigenvalue weighted by Crippen LogP contribution is -2.37. The number of nitrogens with zero attached hydrogens (tertiary/aromatic N) is 1. The van der Waals surface area contributed by atoms with Gasteiger partial charge in [0.05, 0.1) is 12.8 Å². The van der Waals surface area contributed by atoms with E-state index in [1.807, 2.05) is 30.3 Å². The average molecular weight is 383 g/mol. The highest BCUT2D eigenvalue weighted by molar-refractivity contribution is 6.03. The molecule has 0 aromatic heterocycles. The molecule has 2 rings (SSSR count). The average Bonchev–Trinajstić information content (AvgIpc) is 2.65. The first-order valence-corrected chi connectivity index (χ1v) is 9.60. The lowest BCUT2D eigenvalue weighted by molar-refractivity contribution is -0.120. The molecule has 0 saturated heterocycles. The minimum absolute atomic E-state index is 0.0837. The SMILES string of the molecule is COc1ccccc1N(CC(=O)Nc1c(C(C)C)cccc1C(C)C)C(C)=O. The Morgan fingerprint density at radius 1 is 0.964 bits per heavy atom. The van der Waals surface area contributed by atoms with Gasteiger partial charge in [-0.1, -0.05) is 58.0 Å². The summed E-state index contributed by atoms with van der Waals surface area (Å²) < 4.78 is 5.35. The first-order valence-electron chi connectivity index (χ1n) is 9.60. The molecule has 0 aliphatic heterocycles. The minimum atomic E-state index is -0.240. The zero-order valence-electron chi connectivity index (χ0n) is 17.6. The number of nitrogens with one attached hydrogen (secondary N) is 1. The van der Waals surface area contributed by atoms with Gasteiger partial charge in [0.15, 0.2) is 0 Å². The zero-order chi connectivity index (χ0) is 20.8. The predicted molar refractivity (Wildman–Crippen MR) is 114 cm³/mol. The number of ether oxygens (including phenoxy) is 1. The van der Waals surface area contributed by atoms with Crippen LogP contribution in [0.2, 0.25) is 0 Å². The number of para-hydroxylation sites is 3. The van der Waals surface area contributed by atoms with Crippen LogP contribution in [0.15, 0.2) is 42.5 Å². The van der Waals surface area contributed by atoms with Crippen molar-refractivity contribution in [3.05, 3.63) is 53.6 Å². The van der Waals surface area contributed by atoms with Crippen LogP contribution in [0, 0.1) is 0 Å². The maximum atomic E-state index is 12.9. The second-order valence-corrected chi connectivity index (χ2v) is 7.45.